The maximum Gasteiger partial charge on any atom is 0.236 e. The van der Waals surface area contributed by atoms with Crippen molar-refractivity contribution < 1.29 is 4.79 Å². The number of Topliss-reactive ketones (excluding diaryl/α,β-unsaturated/α-hetero) is 1. The number of rotatable bonds is 2. The molecule has 4 nitrogen and oxygen atoms in total. The summed E-state index contributed by atoms with van der Waals surface area (Å²) < 4.78 is 0.947. The smallest absolute Gasteiger partial charge is 0.236 e. The van der Waals surface area contributed by atoms with E-state index in [0.717, 1.165) is 10.0 Å². The summed E-state index contributed by atoms with van der Waals surface area (Å²) in [4.78, 5) is 14.7. The van der Waals surface area contributed by atoms with Gasteiger partial charge in [-0.1, -0.05) is 45.2 Å². The fourth-order valence-electron chi connectivity index (χ4n) is 1.53. The highest BCUT2D eigenvalue weighted by atomic mass is 79.9. The predicted molar refractivity (Wildman–Crippen MR) is 80.6 cm³/mol. The van der Waals surface area contributed by atoms with Gasteiger partial charge in [-0.2, -0.15) is 0 Å². The van der Waals surface area contributed by atoms with E-state index in [1.54, 1.807) is 24.3 Å². The Balaban J connectivity index is 2.30. The fourth-order valence-corrected chi connectivity index (χ4v) is 1.79. The van der Waals surface area contributed by atoms with Crippen LogP contribution in [-0.4, -0.2) is 5.78 Å². The molecule has 2 aromatic carbocycles. The van der Waals surface area contributed by atoms with E-state index >= 15 is 0 Å². The number of ketones is 1. The van der Waals surface area contributed by atoms with E-state index in [2.05, 4.69) is 37.8 Å². The minimum atomic E-state index is -0.379. The topological polar surface area (TPSA) is 65.8 Å². The van der Waals surface area contributed by atoms with Crippen molar-refractivity contribution in [3.05, 3.63) is 74.6 Å². The van der Waals surface area contributed by atoms with E-state index < -0.39 is 0 Å². The van der Waals surface area contributed by atoms with Crippen LogP contribution in [0, 0.1) is 11.8 Å². The van der Waals surface area contributed by atoms with E-state index in [0.29, 0.717) is 5.56 Å². The number of benzene rings is 2. The molecule has 0 aromatic heterocycles. The predicted octanol–water partition coefficient (Wildman–Crippen LogP) is 4.63. The Labute approximate surface area is 124 Å². The maximum atomic E-state index is 12.0. The highest BCUT2D eigenvalue weighted by molar-refractivity contribution is 9.10. The zero-order valence-corrected chi connectivity index (χ0v) is 11.8. The van der Waals surface area contributed by atoms with Crippen LogP contribution >= 0.6 is 15.9 Å². The standard InChI is InChI=1S/C15H8BrN3O/c16-12-8-5-11(6-9-12)7-10-15(20)13-3-1-2-4-14(13)18-19-17/h1-6,8-9H. The number of halogens is 1. The highest BCUT2D eigenvalue weighted by Gasteiger charge is 2.06. The van der Waals surface area contributed by atoms with Gasteiger partial charge in [-0.15, -0.1) is 0 Å². The van der Waals surface area contributed by atoms with Crippen LogP contribution in [0.3, 0.4) is 0 Å². The minimum absolute atomic E-state index is 0.283. The Hall–Kier alpha value is -2.54. The van der Waals surface area contributed by atoms with Crippen LogP contribution in [0.2, 0.25) is 0 Å². The molecular weight excluding hydrogens is 318 g/mol. The lowest BCUT2D eigenvalue weighted by atomic mass is 10.1. The van der Waals surface area contributed by atoms with Gasteiger partial charge in [0, 0.05) is 26.2 Å². The zero-order valence-electron chi connectivity index (χ0n) is 10.2. The van der Waals surface area contributed by atoms with Crippen LogP contribution in [0.5, 0.6) is 0 Å². The Morgan fingerprint density at radius 2 is 1.85 bits per heavy atom. The summed E-state index contributed by atoms with van der Waals surface area (Å²) >= 11 is 3.33. The molecule has 0 spiro atoms. The second kappa shape index (κ2) is 6.58. The molecule has 0 saturated heterocycles. The number of carbonyl (C=O) groups is 1. The molecule has 0 amide bonds. The normalized spacial score (nSPS) is 9.05. The minimum Gasteiger partial charge on any atom is -0.279 e. The van der Waals surface area contributed by atoms with Crippen molar-refractivity contribution in [1.29, 1.82) is 0 Å². The van der Waals surface area contributed by atoms with Crippen molar-refractivity contribution in [2.45, 2.75) is 0 Å². The van der Waals surface area contributed by atoms with Crippen molar-refractivity contribution >= 4 is 27.4 Å². The van der Waals surface area contributed by atoms with Gasteiger partial charge in [0.05, 0.1) is 0 Å². The number of hydrogen-bond donors (Lipinski definition) is 0. The summed E-state index contributed by atoms with van der Waals surface area (Å²) in [5.41, 5.74) is 9.79. The third-order valence-corrected chi connectivity index (χ3v) is 2.99. The van der Waals surface area contributed by atoms with Crippen molar-refractivity contribution in [1.82, 2.24) is 0 Å². The SMILES string of the molecule is [N-]=[N+]=Nc1ccccc1C(=O)C#Cc1ccc(Br)cc1. The van der Waals surface area contributed by atoms with E-state index in [1.807, 2.05) is 24.3 Å². The highest BCUT2D eigenvalue weighted by Crippen LogP contribution is 2.19. The van der Waals surface area contributed by atoms with Crippen LogP contribution in [0.4, 0.5) is 5.69 Å². The summed E-state index contributed by atoms with van der Waals surface area (Å²) in [7, 11) is 0. The Morgan fingerprint density at radius 3 is 2.55 bits per heavy atom. The van der Waals surface area contributed by atoms with Gasteiger partial charge in [-0.3, -0.25) is 4.79 Å². The lowest BCUT2D eigenvalue weighted by molar-refractivity contribution is 0.105. The summed E-state index contributed by atoms with van der Waals surface area (Å²) in [5, 5.41) is 3.48. The van der Waals surface area contributed by atoms with Crippen molar-refractivity contribution in [2.75, 3.05) is 0 Å². The molecule has 20 heavy (non-hydrogen) atoms. The van der Waals surface area contributed by atoms with Gasteiger partial charge in [-0.05, 0) is 41.8 Å². The van der Waals surface area contributed by atoms with Crippen LogP contribution in [0.15, 0.2) is 58.1 Å². The van der Waals surface area contributed by atoms with E-state index in [4.69, 9.17) is 5.53 Å². The van der Waals surface area contributed by atoms with Crippen molar-refractivity contribution in [3.8, 4) is 11.8 Å². The molecule has 0 radical (unpaired) electrons. The molecule has 0 heterocycles. The first-order valence-corrected chi connectivity index (χ1v) is 6.46. The van der Waals surface area contributed by atoms with E-state index in [9.17, 15) is 4.79 Å². The number of azide groups is 1. The molecule has 0 bridgehead atoms. The molecule has 2 rings (SSSR count). The zero-order chi connectivity index (χ0) is 14.4. The van der Waals surface area contributed by atoms with Crippen molar-refractivity contribution in [2.24, 2.45) is 5.11 Å². The second-order valence-electron chi connectivity index (χ2n) is 3.79. The van der Waals surface area contributed by atoms with Gasteiger partial charge < -0.3 is 0 Å². The fraction of sp³-hybridized carbons (Fsp3) is 0. The summed E-state index contributed by atoms with van der Waals surface area (Å²) in [6, 6.07) is 13.9. The molecule has 0 aliphatic carbocycles. The molecule has 0 fully saturated rings. The van der Waals surface area contributed by atoms with Crippen LogP contribution in [-0.2, 0) is 0 Å². The molecule has 0 aliphatic rings. The average molecular weight is 326 g/mol. The van der Waals surface area contributed by atoms with Crippen LogP contribution in [0.25, 0.3) is 10.4 Å². The largest absolute Gasteiger partial charge is 0.279 e. The number of hydrogen-bond acceptors (Lipinski definition) is 2. The molecule has 2 aromatic rings. The first-order valence-electron chi connectivity index (χ1n) is 5.67. The lowest BCUT2D eigenvalue weighted by Crippen LogP contribution is -1.95. The monoisotopic (exact) mass is 325 g/mol. The Bertz CT molecular complexity index is 751. The Morgan fingerprint density at radius 1 is 1.15 bits per heavy atom. The summed E-state index contributed by atoms with van der Waals surface area (Å²) in [6.45, 7) is 0. The van der Waals surface area contributed by atoms with E-state index in [1.165, 1.54) is 0 Å². The Kier molecular flexibility index (Phi) is 4.56. The maximum absolute atomic E-state index is 12.0. The van der Waals surface area contributed by atoms with Gasteiger partial charge in [-0.25, -0.2) is 0 Å². The first-order chi connectivity index (χ1) is 9.70. The third-order valence-electron chi connectivity index (χ3n) is 2.47. The number of nitrogens with zero attached hydrogens (tertiary/aromatic N) is 3. The third kappa shape index (κ3) is 3.48. The first kappa shape index (κ1) is 13.9. The van der Waals surface area contributed by atoms with Crippen molar-refractivity contribution in [3.63, 3.8) is 0 Å². The van der Waals surface area contributed by atoms with Gasteiger partial charge >= 0.3 is 0 Å². The van der Waals surface area contributed by atoms with Gasteiger partial charge in [0.15, 0.2) is 0 Å². The quantitative estimate of drug-likeness (QED) is 0.261. The molecule has 96 valence electrons. The molecule has 0 saturated carbocycles. The van der Waals surface area contributed by atoms with Gasteiger partial charge in [0.2, 0.25) is 5.78 Å². The van der Waals surface area contributed by atoms with E-state index in [-0.39, 0.29) is 11.5 Å². The molecular formula is C15H8BrN3O. The molecule has 0 unspecified atom stereocenters. The number of carbonyl (C=O) groups excluding carboxylic acids is 1. The summed E-state index contributed by atoms with van der Waals surface area (Å²) in [5.74, 6) is 4.95. The van der Waals surface area contributed by atoms with Crippen LogP contribution < -0.4 is 0 Å². The van der Waals surface area contributed by atoms with Gasteiger partial charge in [0.25, 0.3) is 0 Å². The molecule has 0 aliphatic heterocycles. The summed E-state index contributed by atoms with van der Waals surface area (Å²) in [6.07, 6.45) is 0. The average Bonchev–Trinajstić information content (AvgIpc) is 2.47. The lowest BCUT2D eigenvalue weighted by Gasteiger charge is -1.98. The van der Waals surface area contributed by atoms with Crippen LogP contribution in [0.1, 0.15) is 15.9 Å². The van der Waals surface area contributed by atoms with Gasteiger partial charge in [0.1, 0.15) is 0 Å². The molecule has 5 heteroatoms. The second-order valence-corrected chi connectivity index (χ2v) is 4.71. The molecule has 0 N–H and O–H groups in total. The molecule has 0 atom stereocenters.